The van der Waals surface area contributed by atoms with Gasteiger partial charge in [0.15, 0.2) is 16.7 Å². The molecule has 0 spiro atoms. The second kappa shape index (κ2) is 10.9. The summed E-state index contributed by atoms with van der Waals surface area (Å²) in [5.41, 5.74) is 2.11. The predicted molar refractivity (Wildman–Crippen MR) is 141 cm³/mol. The quantitative estimate of drug-likeness (QED) is 0.316. The van der Waals surface area contributed by atoms with Crippen LogP contribution < -0.4 is 14.8 Å². The summed E-state index contributed by atoms with van der Waals surface area (Å²) in [5.74, 6) is 0.815. The second-order valence-corrected chi connectivity index (χ2v) is 9.63. The van der Waals surface area contributed by atoms with Crippen LogP contribution >= 0.6 is 58.2 Å². The third kappa shape index (κ3) is 5.82. The first-order valence-corrected chi connectivity index (χ1v) is 12.2. The second-order valence-electron chi connectivity index (χ2n) is 7.00. The molecule has 0 radical (unpaired) electrons. The molecule has 0 saturated carbocycles. The monoisotopic (exact) mass is 552 g/mol. The first-order chi connectivity index (χ1) is 16.3. The van der Waals surface area contributed by atoms with Gasteiger partial charge in [-0.2, -0.15) is 0 Å². The van der Waals surface area contributed by atoms with E-state index >= 15 is 0 Å². The summed E-state index contributed by atoms with van der Waals surface area (Å²) in [5, 5.41) is 4.81. The van der Waals surface area contributed by atoms with Gasteiger partial charge in [0, 0.05) is 0 Å². The summed E-state index contributed by atoms with van der Waals surface area (Å²) in [6.45, 7) is 0.290. The van der Waals surface area contributed by atoms with Gasteiger partial charge in [0.05, 0.1) is 37.8 Å². The molecule has 1 aliphatic rings. The Balaban J connectivity index is 1.50. The molecule has 10 heteroatoms. The highest BCUT2D eigenvalue weighted by molar-refractivity contribution is 8.18. The zero-order valence-electron chi connectivity index (χ0n) is 17.6. The molecule has 5 nitrogen and oxygen atoms in total. The topological polar surface area (TPSA) is 59.9 Å². The molecule has 1 N–H and O–H groups in total. The standard InChI is InChI=1S/C24H16Cl4N2O3S/c1-32-20-10-13(6-8-19(20)33-12-14-5-7-15(25)17(27)9-14)11-21-23(31)30-24(34-21)29-18-4-2-3-16(26)22(18)28/h2-11H,12H2,1H3,(H,29,30,31)/b21-11-. The van der Waals surface area contributed by atoms with E-state index in [-0.39, 0.29) is 12.5 Å². The molecule has 3 aromatic carbocycles. The average molecular weight is 554 g/mol. The summed E-state index contributed by atoms with van der Waals surface area (Å²) >= 11 is 25.5. The SMILES string of the molecule is COc1cc(/C=C2\SC(=Nc3cccc(Cl)c3Cl)NC2=O)ccc1OCc1ccc(Cl)c(Cl)c1. The van der Waals surface area contributed by atoms with Gasteiger partial charge in [-0.05, 0) is 65.4 Å². The zero-order chi connectivity index (χ0) is 24.2. The van der Waals surface area contributed by atoms with E-state index in [0.717, 1.165) is 11.1 Å². The number of carbonyl (C=O) groups is 1. The Morgan fingerprint density at radius 2 is 1.79 bits per heavy atom. The molecule has 0 unspecified atom stereocenters. The van der Waals surface area contributed by atoms with Gasteiger partial charge in [0.25, 0.3) is 5.91 Å². The van der Waals surface area contributed by atoms with Crippen molar-refractivity contribution in [2.45, 2.75) is 6.61 Å². The van der Waals surface area contributed by atoms with Crippen molar-refractivity contribution in [2.75, 3.05) is 7.11 Å². The van der Waals surface area contributed by atoms with Crippen molar-refractivity contribution in [3.05, 3.63) is 90.7 Å². The van der Waals surface area contributed by atoms with E-state index in [9.17, 15) is 4.79 Å². The van der Waals surface area contributed by atoms with Crippen LogP contribution in [-0.2, 0) is 11.4 Å². The Labute approximate surface area is 220 Å². The summed E-state index contributed by atoms with van der Waals surface area (Å²) in [4.78, 5) is 17.3. The van der Waals surface area contributed by atoms with Gasteiger partial charge in [-0.1, -0.05) is 64.6 Å². The van der Waals surface area contributed by atoms with E-state index in [0.29, 0.717) is 47.3 Å². The van der Waals surface area contributed by atoms with Crippen LogP contribution in [0.4, 0.5) is 5.69 Å². The van der Waals surface area contributed by atoms with Gasteiger partial charge >= 0.3 is 0 Å². The lowest BCUT2D eigenvalue weighted by atomic mass is 10.2. The van der Waals surface area contributed by atoms with Crippen LogP contribution in [0.25, 0.3) is 6.08 Å². The number of hydrogen-bond donors (Lipinski definition) is 1. The highest BCUT2D eigenvalue weighted by Crippen LogP contribution is 2.36. The van der Waals surface area contributed by atoms with Crippen molar-refractivity contribution in [1.82, 2.24) is 5.32 Å². The molecule has 3 aromatic rings. The first kappa shape index (κ1) is 24.8. The van der Waals surface area contributed by atoms with Gasteiger partial charge in [-0.15, -0.1) is 0 Å². The van der Waals surface area contributed by atoms with Crippen LogP contribution in [0.15, 0.2) is 64.5 Å². The van der Waals surface area contributed by atoms with Crippen molar-refractivity contribution in [1.29, 1.82) is 0 Å². The molecule has 0 atom stereocenters. The van der Waals surface area contributed by atoms with Crippen molar-refractivity contribution in [2.24, 2.45) is 4.99 Å². The lowest BCUT2D eigenvalue weighted by Crippen LogP contribution is -2.19. The average Bonchev–Trinajstić information content (AvgIpc) is 3.16. The minimum atomic E-state index is -0.263. The molecule has 1 saturated heterocycles. The highest BCUT2D eigenvalue weighted by Gasteiger charge is 2.24. The largest absolute Gasteiger partial charge is 0.493 e. The number of methoxy groups -OCH3 is 1. The van der Waals surface area contributed by atoms with Crippen LogP contribution in [0, 0.1) is 0 Å². The summed E-state index contributed by atoms with van der Waals surface area (Å²) in [6.07, 6.45) is 1.74. The third-order valence-corrected chi connectivity index (χ3v) is 7.13. The minimum absolute atomic E-state index is 0.263. The lowest BCUT2D eigenvalue weighted by molar-refractivity contribution is -0.115. The number of carbonyl (C=O) groups excluding carboxylic acids is 1. The fraction of sp³-hybridized carbons (Fsp3) is 0.0833. The Hall–Kier alpha value is -2.35. The maximum absolute atomic E-state index is 12.4. The molecular weight excluding hydrogens is 538 g/mol. The zero-order valence-corrected chi connectivity index (χ0v) is 21.4. The molecule has 0 aromatic heterocycles. The number of hydrogen-bond acceptors (Lipinski definition) is 5. The Morgan fingerprint density at radius 1 is 0.971 bits per heavy atom. The van der Waals surface area contributed by atoms with Crippen molar-refractivity contribution >= 4 is 81.0 Å². The van der Waals surface area contributed by atoms with Gasteiger partial charge < -0.3 is 14.8 Å². The number of ether oxygens (including phenoxy) is 2. The normalized spacial score (nSPS) is 15.6. The van der Waals surface area contributed by atoms with Crippen LogP contribution in [0.1, 0.15) is 11.1 Å². The number of amides is 1. The molecule has 1 aliphatic heterocycles. The molecule has 4 rings (SSSR count). The smallest absolute Gasteiger partial charge is 0.264 e. The van der Waals surface area contributed by atoms with E-state index in [4.69, 9.17) is 55.9 Å². The maximum Gasteiger partial charge on any atom is 0.264 e. The predicted octanol–water partition coefficient (Wildman–Crippen LogP) is 7.78. The molecule has 1 amide bonds. The minimum Gasteiger partial charge on any atom is -0.493 e. The number of aliphatic imine (C=N–C) groups is 1. The van der Waals surface area contributed by atoms with Crippen LogP contribution in [0.5, 0.6) is 11.5 Å². The number of nitrogens with zero attached hydrogens (tertiary/aromatic N) is 1. The molecular formula is C24H16Cl4N2O3S. The van der Waals surface area contributed by atoms with E-state index in [1.54, 1.807) is 55.7 Å². The van der Waals surface area contributed by atoms with Gasteiger partial charge in [-0.25, -0.2) is 4.99 Å². The van der Waals surface area contributed by atoms with E-state index in [1.807, 2.05) is 12.1 Å². The number of halogens is 4. The fourth-order valence-electron chi connectivity index (χ4n) is 3.00. The molecule has 34 heavy (non-hydrogen) atoms. The van der Waals surface area contributed by atoms with Crippen molar-refractivity contribution in [3.63, 3.8) is 0 Å². The van der Waals surface area contributed by atoms with E-state index < -0.39 is 0 Å². The Morgan fingerprint density at radius 3 is 2.56 bits per heavy atom. The maximum atomic E-state index is 12.4. The lowest BCUT2D eigenvalue weighted by Gasteiger charge is -2.12. The molecule has 0 aliphatic carbocycles. The first-order valence-electron chi connectivity index (χ1n) is 9.82. The summed E-state index contributed by atoms with van der Waals surface area (Å²) in [6, 6.07) is 15.8. The number of amidine groups is 1. The molecule has 1 heterocycles. The Kier molecular flexibility index (Phi) is 7.96. The highest BCUT2D eigenvalue weighted by atomic mass is 35.5. The number of benzene rings is 3. The third-order valence-electron chi connectivity index (χ3n) is 4.67. The van der Waals surface area contributed by atoms with Crippen molar-refractivity contribution in [3.8, 4) is 11.5 Å². The van der Waals surface area contributed by atoms with Crippen LogP contribution in [-0.4, -0.2) is 18.2 Å². The molecule has 1 fully saturated rings. The summed E-state index contributed by atoms with van der Waals surface area (Å²) in [7, 11) is 1.55. The van der Waals surface area contributed by atoms with Gasteiger partial charge in [0.1, 0.15) is 6.61 Å². The number of rotatable bonds is 6. The number of nitrogens with one attached hydrogen (secondary N) is 1. The van der Waals surface area contributed by atoms with Crippen LogP contribution in [0.2, 0.25) is 20.1 Å². The van der Waals surface area contributed by atoms with Gasteiger partial charge in [-0.3, -0.25) is 4.79 Å². The van der Waals surface area contributed by atoms with E-state index in [2.05, 4.69) is 10.3 Å². The van der Waals surface area contributed by atoms with Crippen molar-refractivity contribution < 1.29 is 14.3 Å². The van der Waals surface area contributed by atoms with E-state index in [1.165, 1.54) is 11.8 Å². The van der Waals surface area contributed by atoms with Crippen LogP contribution in [0.3, 0.4) is 0 Å². The fourth-order valence-corrected chi connectivity index (χ4v) is 4.50. The van der Waals surface area contributed by atoms with Gasteiger partial charge in [0.2, 0.25) is 0 Å². The number of thioether (sulfide) groups is 1. The molecule has 174 valence electrons. The summed E-state index contributed by atoms with van der Waals surface area (Å²) < 4.78 is 11.4. The Bertz CT molecular complexity index is 1330. The molecule has 0 bridgehead atoms.